The lowest BCUT2D eigenvalue weighted by molar-refractivity contribution is 1.48. The summed E-state index contributed by atoms with van der Waals surface area (Å²) in [6.45, 7) is 0. The van der Waals surface area contributed by atoms with Gasteiger partial charge in [0.1, 0.15) is 0 Å². The van der Waals surface area contributed by atoms with Crippen LogP contribution in [-0.2, 0) is 0 Å². The van der Waals surface area contributed by atoms with Crippen LogP contribution < -0.4 is 22.1 Å². The fourth-order valence-electron chi connectivity index (χ4n) is 3.86. The number of hydrogen-bond acceptors (Lipinski definition) is 4. The summed E-state index contributed by atoms with van der Waals surface area (Å²) in [5, 5.41) is 6.53. The molecule has 150 valence electrons. The second kappa shape index (κ2) is 8.21. The predicted octanol–water partition coefficient (Wildman–Crippen LogP) is 5.94. The first-order valence-corrected chi connectivity index (χ1v) is 9.95. The largest absolute Gasteiger partial charge is 0.399 e. The summed E-state index contributed by atoms with van der Waals surface area (Å²) in [7, 11) is 3.86. The van der Waals surface area contributed by atoms with Gasteiger partial charge >= 0.3 is 0 Å². The molecule has 0 unspecified atom stereocenters. The molecule has 0 aromatic heterocycles. The maximum absolute atomic E-state index is 6.16. The lowest BCUT2D eigenvalue weighted by atomic mass is 9.86. The molecule has 0 aliphatic carbocycles. The SMILES string of the molecule is CNc1ccc(-c2ccc(NC)c(-c3cccc(N)c3)c2-c2cccc(N)c2)cc1. The standard InChI is InChI=1S/C26H26N4/c1-29-22-11-9-17(10-12-22)23-13-14-24(30-2)26(19-6-4-8-21(28)16-19)25(23)18-5-3-7-20(27)15-18/h3-16,29-30H,27-28H2,1-2H3. The highest BCUT2D eigenvalue weighted by Gasteiger charge is 2.18. The number of nitrogens with two attached hydrogens (primary N) is 2. The number of nitrogen functional groups attached to an aromatic ring is 2. The summed E-state index contributed by atoms with van der Waals surface area (Å²) in [6.07, 6.45) is 0. The van der Waals surface area contributed by atoms with Crippen molar-refractivity contribution in [3.63, 3.8) is 0 Å². The fraction of sp³-hybridized carbons (Fsp3) is 0.0769. The Balaban J connectivity index is 2.07. The van der Waals surface area contributed by atoms with Gasteiger partial charge in [-0.1, -0.05) is 42.5 Å². The Hall–Kier alpha value is -3.92. The van der Waals surface area contributed by atoms with Gasteiger partial charge in [0.15, 0.2) is 0 Å². The first kappa shape index (κ1) is 19.4. The normalized spacial score (nSPS) is 10.6. The molecule has 4 rings (SSSR count). The van der Waals surface area contributed by atoms with E-state index in [4.69, 9.17) is 11.5 Å². The van der Waals surface area contributed by atoms with Crippen LogP contribution in [0.3, 0.4) is 0 Å². The van der Waals surface area contributed by atoms with Crippen LogP contribution in [0.15, 0.2) is 84.9 Å². The molecule has 0 saturated heterocycles. The first-order valence-electron chi connectivity index (χ1n) is 9.95. The average molecular weight is 395 g/mol. The van der Waals surface area contributed by atoms with Crippen LogP contribution in [0.1, 0.15) is 0 Å². The Labute approximate surface area is 177 Å². The second-order valence-corrected chi connectivity index (χ2v) is 7.24. The number of benzene rings is 4. The molecule has 0 bridgehead atoms. The van der Waals surface area contributed by atoms with Crippen molar-refractivity contribution >= 4 is 22.7 Å². The van der Waals surface area contributed by atoms with Crippen molar-refractivity contribution in [3.05, 3.63) is 84.9 Å². The van der Waals surface area contributed by atoms with Crippen LogP contribution in [0.5, 0.6) is 0 Å². The summed E-state index contributed by atoms with van der Waals surface area (Å²) < 4.78 is 0. The highest BCUT2D eigenvalue weighted by molar-refractivity contribution is 6.00. The van der Waals surface area contributed by atoms with Crippen LogP contribution in [0.2, 0.25) is 0 Å². The molecule has 0 aliphatic heterocycles. The smallest absolute Gasteiger partial charge is 0.0424 e. The van der Waals surface area contributed by atoms with E-state index in [1.807, 2.05) is 50.5 Å². The molecule has 30 heavy (non-hydrogen) atoms. The average Bonchev–Trinajstić information content (AvgIpc) is 2.78. The molecule has 4 aromatic rings. The lowest BCUT2D eigenvalue weighted by Gasteiger charge is -2.20. The number of anilines is 4. The molecule has 4 aromatic carbocycles. The molecule has 4 nitrogen and oxygen atoms in total. The zero-order chi connectivity index (χ0) is 21.1. The van der Waals surface area contributed by atoms with Gasteiger partial charge in [-0.05, 0) is 70.3 Å². The Bertz CT molecular complexity index is 1180. The van der Waals surface area contributed by atoms with Crippen LogP contribution in [0.4, 0.5) is 22.7 Å². The minimum absolute atomic E-state index is 0.733. The van der Waals surface area contributed by atoms with Crippen molar-refractivity contribution in [1.29, 1.82) is 0 Å². The topological polar surface area (TPSA) is 76.1 Å². The molecular formula is C26H26N4. The Morgan fingerprint density at radius 1 is 0.567 bits per heavy atom. The number of nitrogens with one attached hydrogen (secondary N) is 2. The molecule has 0 heterocycles. The predicted molar refractivity (Wildman–Crippen MR) is 131 cm³/mol. The quantitative estimate of drug-likeness (QED) is 0.316. The molecule has 0 aliphatic rings. The number of rotatable bonds is 5. The van der Waals surface area contributed by atoms with Crippen molar-refractivity contribution in [2.45, 2.75) is 0 Å². The van der Waals surface area contributed by atoms with Gasteiger partial charge < -0.3 is 22.1 Å². The van der Waals surface area contributed by atoms with Crippen molar-refractivity contribution < 1.29 is 0 Å². The van der Waals surface area contributed by atoms with Crippen LogP contribution in [0.25, 0.3) is 33.4 Å². The van der Waals surface area contributed by atoms with E-state index in [-0.39, 0.29) is 0 Å². The van der Waals surface area contributed by atoms with Gasteiger partial charge in [-0.25, -0.2) is 0 Å². The molecule has 0 amide bonds. The molecule has 6 N–H and O–H groups in total. The molecule has 0 saturated carbocycles. The van der Waals surface area contributed by atoms with E-state index in [9.17, 15) is 0 Å². The zero-order valence-electron chi connectivity index (χ0n) is 17.2. The maximum atomic E-state index is 6.16. The molecule has 0 atom stereocenters. The van der Waals surface area contributed by atoms with Crippen LogP contribution >= 0.6 is 0 Å². The van der Waals surface area contributed by atoms with E-state index >= 15 is 0 Å². The summed E-state index contributed by atoms with van der Waals surface area (Å²) in [5.41, 5.74) is 22.5. The van der Waals surface area contributed by atoms with E-state index in [2.05, 4.69) is 59.2 Å². The fourth-order valence-corrected chi connectivity index (χ4v) is 3.86. The van der Waals surface area contributed by atoms with Gasteiger partial charge in [0, 0.05) is 42.4 Å². The van der Waals surface area contributed by atoms with E-state index < -0.39 is 0 Å². The number of hydrogen-bond donors (Lipinski definition) is 4. The van der Waals surface area contributed by atoms with Crippen LogP contribution in [0, 0.1) is 0 Å². The van der Waals surface area contributed by atoms with Crippen molar-refractivity contribution in [1.82, 2.24) is 0 Å². The molecular weight excluding hydrogens is 368 g/mol. The Morgan fingerprint density at radius 3 is 1.70 bits per heavy atom. The molecule has 4 heteroatoms. The van der Waals surface area contributed by atoms with Crippen molar-refractivity contribution in [3.8, 4) is 33.4 Å². The van der Waals surface area contributed by atoms with Crippen molar-refractivity contribution in [2.24, 2.45) is 0 Å². The zero-order valence-corrected chi connectivity index (χ0v) is 17.2. The van der Waals surface area contributed by atoms with Gasteiger partial charge in [-0.3, -0.25) is 0 Å². The van der Waals surface area contributed by atoms with E-state index in [0.717, 1.165) is 56.1 Å². The molecule has 0 fully saturated rings. The minimum atomic E-state index is 0.733. The Morgan fingerprint density at radius 2 is 1.17 bits per heavy atom. The van der Waals surface area contributed by atoms with Gasteiger partial charge in [0.25, 0.3) is 0 Å². The van der Waals surface area contributed by atoms with E-state index in [0.29, 0.717) is 0 Å². The van der Waals surface area contributed by atoms with E-state index in [1.165, 1.54) is 0 Å². The Kier molecular flexibility index (Phi) is 5.31. The van der Waals surface area contributed by atoms with Crippen LogP contribution in [-0.4, -0.2) is 14.1 Å². The first-order chi connectivity index (χ1) is 14.6. The highest BCUT2D eigenvalue weighted by atomic mass is 14.8. The highest BCUT2D eigenvalue weighted by Crippen LogP contribution is 2.45. The van der Waals surface area contributed by atoms with Gasteiger partial charge in [0.05, 0.1) is 0 Å². The maximum Gasteiger partial charge on any atom is 0.0424 e. The lowest BCUT2D eigenvalue weighted by Crippen LogP contribution is -1.98. The monoisotopic (exact) mass is 394 g/mol. The molecule has 0 radical (unpaired) electrons. The minimum Gasteiger partial charge on any atom is -0.399 e. The summed E-state index contributed by atoms with van der Waals surface area (Å²) in [4.78, 5) is 0. The van der Waals surface area contributed by atoms with E-state index in [1.54, 1.807) is 0 Å². The summed E-state index contributed by atoms with van der Waals surface area (Å²) in [6, 6.07) is 28.8. The summed E-state index contributed by atoms with van der Waals surface area (Å²) >= 11 is 0. The summed E-state index contributed by atoms with van der Waals surface area (Å²) in [5.74, 6) is 0. The second-order valence-electron chi connectivity index (χ2n) is 7.24. The third-order valence-corrected chi connectivity index (χ3v) is 5.31. The third kappa shape index (κ3) is 3.67. The third-order valence-electron chi connectivity index (χ3n) is 5.31. The van der Waals surface area contributed by atoms with Gasteiger partial charge in [-0.15, -0.1) is 0 Å². The van der Waals surface area contributed by atoms with Crippen molar-refractivity contribution in [2.75, 3.05) is 36.2 Å². The van der Waals surface area contributed by atoms with Gasteiger partial charge in [-0.2, -0.15) is 0 Å². The van der Waals surface area contributed by atoms with Gasteiger partial charge in [0.2, 0.25) is 0 Å². The molecule has 0 spiro atoms.